The summed E-state index contributed by atoms with van der Waals surface area (Å²) in [5.41, 5.74) is 3.04. The van der Waals surface area contributed by atoms with Gasteiger partial charge in [-0.3, -0.25) is 14.5 Å². The van der Waals surface area contributed by atoms with Crippen molar-refractivity contribution in [3.05, 3.63) is 64.1 Å². The average Bonchev–Trinajstić information content (AvgIpc) is 3.02. The van der Waals surface area contributed by atoms with E-state index >= 15 is 0 Å². The molecule has 3 rings (SSSR count). The van der Waals surface area contributed by atoms with Crippen LogP contribution in [0.25, 0.3) is 6.08 Å². The van der Waals surface area contributed by atoms with Crippen molar-refractivity contribution in [2.24, 2.45) is 0 Å². The van der Waals surface area contributed by atoms with Crippen LogP contribution in [0.5, 0.6) is 11.5 Å². The third kappa shape index (κ3) is 6.12. The number of aryl methyl sites for hydroxylation is 1. The molecule has 0 aliphatic carbocycles. The number of hydrogen-bond donors (Lipinski definition) is 0. The van der Waals surface area contributed by atoms with Gasteiger partial charge in [0.2, 0.25) is 0 Å². The predicted molar refractivity (Wildman–Crippen MR) is 122 cm³/mol. The molecule has 1 saturated heterocycles. The summed E-state index contributed by atoms with van der Waals surface area (Å²) in [4.78, 5) is 26.4. The largest absolute Gasteiger partial charge is 0.490 e. The normalized spacial score (nSPS) is 15.1. The smallest absolute Gasteiger partial charge is 0.293 e. The summed E-state index contributed by atoms with van der Waals surface area (Å²) < 4.78 is 16.7. The topological polar surface area (TPSA) is 65.1 Å². The molecule has 2 aromatic rings. The molecule has 1 fully saturated rings. The van der Waals surface area contributed by atoms with Crippen LogP contribution in [0.1, 0.15) is 30.0 Å². The second-order valence-electron chi connectivity index (χ2n) is 7.09. The number of methoxy groups -OCH3 is 1. The van der Waals surface area contributed by atoms with Gasteiger partial charge in [-0.25, -0.2) is 0 Å². The molecular weight excluding hydrogens is 414 g/mol. The highest BCUT2D eigenvalue weighted by Crippen LogP contribution is 2.35. The van der Waals surface area contributed by atoms with Gasteiger partial charge in [-0.2, -0.15) is 0 Å². The maximum atomic E-state index is 12.6. The molecule has 31 heavy (non-hydrogen) atoms. The molecule has 0 aromatic heterocycles. The summed E-state index contributed by atoms with van der Waals surface area (Å²) in [6.07, 6.45) is 2.33. The lowest BCUT2D eigenvalue weighted by Gasteiger charge is -2.13. The van der Waals surface area contributed by atoms with E-state index < -0.39 is 0 Å². The van der Waals surface area contributed by atoms with Gasteiger partial charge in [0.15, 0.2) is 11.5 Å². The van der Waals surface area contributed by atoms with Crippen molar-refractivity contribution < 1.29 is 23.8 Å². The fourth-order valence-electron chi connectivity index (χ4n) is 3.06. The molecule has 0 radical (unpaired) electrons. The molecule has 7 heteroatoms. The minimum absolute atomic E-state index is 0.254. The van der Waals surface area contributed by atoms with E-state index in [9.17, 15) is 9.59 Å². The number of nitrogens with zero attached hydrogens (tertiary/aromatic N) is 1. The molecule has 0 bridgehead atoms. The van der Waals surface area contributed by atoms with Crippen LogP contribution >= 0.6 is 11.8 Å². The van der Waals surface area contributed by atoms with Crippen molar-refractivity contribution in [3.63, 3.8) is 0 Å². The maximum Gasteiger partial charge on any atom is 0.293 e. The van der Waals surface area contributed by atoms with Gasteiger partial charge < -0.3 is 14.2 Å². The number of thioether (sulfide) groups is 1. The van der Waals surface area contributed by atoms with Gasteiger partial charge in [0.25, 0.3) is 11.1 Å². The lowest BCUT2D eigenvalue weighted by Crippen LogP contribution is -2.29. The van der Waals surface area contributed by atoms with E-state index in [0.29, 0.717) is 49.2 Å². The van der Waals surface area contributed by atoms with Crippen LogP contribution in [-0.2, 0) is 16.1 Å². The highest BCUT2D eigenvalue weighted by Gasteiger charge is 2.34. The Morgan fingerprint density at radius 3 is 2.52 bits per heavy atom. The summed E-state index contributed by atoms with van der Waals surface area (Å²) >= 11 is 0.952. The Morgan fingerprint density at radius 2 is 1.81 bits per heavy atom. The highest BCUT2D eigenvalue weighted by atomic mass is 32.2. The predicted octanol–water partition coefficient (Wildman–Crippen LogP) is 5.05. The van der Waals surface area contributed by atoms with Crippen molar-refractivity contribution in [2.45, 2.75) is 26.9 Å². The molecule has 6 nitrogen and oxygen atoms in total. The summed E-state index contributed by atoms with van der Waals surface area (Å²) in [6.45, 7) is 5.72. The van der Waals surface area contributed by atoms with Gasteiger partial charge in [0.1, 0.15) is 6.61 Å². The molecule has 0 spiro atoms. The first-order valence-electron chi connectivity index (χ1n) is 10.2. The first-order chi connectivity index (χ1) is 15.0. The molecule has 2 amide bonds. The fourth-order valence-corrected chi connectivity index (χ4v) is 3.92. The lowest BCUT2D eigenvalue weighted by molar-refractivity contribution is -0.122. The van der Waals surface area contributed by atoms with E-state index in [1.807, 2.05) is 56.3 Å². The minimum atomic E-state index is -0.274. The summed E-state index contributed by atoms with van der Waals surface area (Å²) in [5, 5.41) is -0.254. The van der Waals surface area contributed by atoms with Gasteiger partial charge in [-0.1, -0.05) is 35.9 Å². The molecule has 1 aliphatic rings. The molecule has 0 unspecified atom stereocenters. The number of ether oxygens (including phenoxy) is 3. The Balaban J connectivity index is 1.73. The number of carbonyl (C=O) groups excluding carboxylic acids is 2. The van der Waals surface area contributed by atoms with Crippen LogP contribution in [0.15, 0.2) is 47.4 Å². The second kappa shape index (κ2) is 11.0. The molecule has 0 N–H and O–H groups in total. The second-order valence-corrected chi connectivity index (χ2v) is 8.09. The molecule has 2 aromatic carbocycles. The first kappa shape index (κ1) is 22.9. The van der Waals surface area contributed by atoms with Gasteiger partial charge in [0, 0.05) is 20.3 Å². The summed E-state index contributed by atoms with van der Waals surface area (Å²) in [6, 6.07) is 13.7. The van der Waals surface area contributed by atoms with Crippen LogP contribution in [-0.4, -0.2) is 42.9 Å². The van der Waals surface area contributed by atoms with Crippen LogP contribution in [0.2, 0.25) is 0 Å². The molecule has 0 atom stereocenters. The monoisotopic (exact) mass is 441 g/mol. The number of benzene rings is 2. The molecule has 1 heterocycles. The Hall–Kier alpha value is -2.77. The zero-order chi connectivity index (χ0) is 22.2. The number of rotatable bonds is 10. The fraction of sp³-hybridized carbons (Fsp3) is 0.333. The van der Waals surface area contributed by atoms with Gasteiger partial charge in [0.05, 0.1) is 11.5 Å². The van der Waals surface area contributed by atoms with Crippen molar-refractivity contribution in [1.82, 2.24) is 4.90 Å². The number of hydrogen-bond acceptors (Lipinski definition) is 6. The van der Waals surface area contributed by atoms with Gasteiger partial charge in [-0.15, -0.1) is 0 Å². The van der Waals surface area contributed by atoms with Crippen molar-refractivity contribution >= 4 is 29.0 Å². The number of imide groups is 1. The Bertz CT molecular complexity index is 955. The van der Waals surface area contributed by atoms with Crippen LogP contribution in [0, 0.1) is 6.92 Å². The summed E-state index contributed by atoms with van der Waals surface area (Å²) in [7, 11) is 1.60. The zero-order valence-electron chi connectivity index (χ0n) is 18.1. The Morgan fingerprint density at radius 1 is 1.03 bits per heavy atom. The minimum Gasteiger partial charge on any atom is -0.490 e. The number of carbonyl (C=O) groups is 2. The quantitative estimate of drug-likeness (QED) is 0.380. The summed E-state index contributed by atoms with van der Waals surface area (Å²) in [5.74, 6) is 0.957. The third-order valence-corrected chi connectivity index (χ3v) is 5.59. The highest BCUT2D eigenvalue weighted by molar-refractivity contribution is 8.18. The van der Waals surface area contributed by atoms with Crippen molar-refractivity contribution in [2.75, 3.05) is 26.9 Å². The van der Waals surface area contributed by atoms with Crippen LogP contribution in [0.3, 0.4) is 0 Å². The van der Waals surface area contributed by atoms with Crippen molar-refractivity contribution in [1.29, 1.82) is 0 Å². The van der Waals surface area contributed by atoms with Gasteiger partial charge in [-0.05, 0) is 61.4 Å². The standard InChI is InChI=1S/C24H27NO5S/c1-4-29-21-14-19(10-11-20(21)30-16-18-8-6-17(2)7-9-18)15-22-23(26)25(24(27)31-22)12-5-13-28-3/h6-11,14-15H,4-5,12-13,16H2,1-3H3/b22-15+. The maximum absolute atomic E-state index is 12.6. The van der Waals surface area contributed by atoms with E-state index in [4.69, 9.17) is 14.2 Å². The SMILES string of the molecule is CCOc1cc(/C=C2/SC(=O)N(CCCOC)C2=O)ccc1OCc1ccc(C)cc1. The van der Waals surface area contributed by atoms with E-state index in [1.54, 1.807) is 13.2 Å². The van der Waals surface area contributed by atoms with E-state index in [2.05, 4.69) is 0 Å². The number of amides is 2. The average molecular weight is 442 g/mol. The Labute approximate surface area is 187 Å². The Kier molecular flexibility index (Phi) is 8.14. The first-order valence-corrected chi connectivity index (χ1v) is 11.0. The van der Waals surface area contributed by atoms with E-state index in [-0.39, 0.29) is 11.1 Å². The van der Waals surface area contributed by atoms with Crippen LogP contribution < -0.4 is 9.47 Å². The zero-order valence-corrected chi connectivity index (χ0v) is 18.9. The molecule has 0 saturated carbocycles. The third-order valence-electron chi connectivity index (χ3n) is 4.68. The molecule has 164 valence electrons. The van der Waals surface area contributed by atoms with Gasteiger partial charge >= 0.3 is 0 Å². The van der Waals surface area contributed by atoms with E-state index in [1.165, 1.54) is 10.5 Å². The van der Waals surface area contributed by atoms with E-state index in [0.717, 1.165) is 22.9 Å². The molecular formula is C24H27NO5S. The molecule has 1 aliphatic heterocycles. The lowest BCUT2D eigenvalue weighted by atomic mass is 10.1. The van der Waals surface area contributed by atoms with Crippen LogP contribution in [0.4, 0.5) is 4.79 Å². The van der Waals surface area contributed by atoms with Crippen molar-refractivity contribution in [3.8, 4) is 11.5 Å².